The molecule has 0 radical (unpaired) electrons. The Labute approximate surface area is 151 Å². The third-order valence-corrected chi connectivity index (χ3v) is 5.26. The van der Waals surface area contributed by atoms with Gasteiger partial charge in [0, 0.05) is 25.2 Å². The van der Waals surface area contributed by atoms with Crippen LogP contribution in [0.25, 0.3) is 0 Å². The van der Waals surface area contributed by atoms with Crippen molar-refractivity contribution >= 4 is 35.0 Å². The zero-order chi connectivity index (χ0) is 17.3. The van der Waals surface area contributed by atoms with Crippen LogP contribution in [0.1, 0.15) is 30.1 Å². The fourth-order valence-corrected chi connectivity index (χ4v) is 3.59. The number of carbonyl (C=O) groups excluding carboxylic acids is 2. The van der Waals surface area contributed by atoms with E-state index >= 15 is 0 Å². The van der Waals surface area contributed by atoms with Crippen molar-refractivity contribution in [2.24, 2.45) is 0 Å². The molecule has 2 saturated heterocycles. The minimum atomic E-state index is -0.405. The van der Waals surface area contributed by atoms with Gasteiger partial charge >= 0.3 is 0 Å². The summed E-state index contributed by atoms with van der Waals surface area (Å²) < 4.78 is 5.49. The molecule has 2 heterocycles. The van der Waals surface area contributed by atoms with Crippen LogP contribution in [0.3, 0.4) is 0 Å². The molecular formula is C17H20Cl2N2O3. The molecule has 0 saturated carbocycles. The van der Waals surface area contributed by atoms with Crippen LogP contribution < -0.4 is 0 Å². The van der Waals surface area contributed by atoms with Gasteiger partial charge in [-0.2, -0.15) is 0 Å². The third-order valence-electron chi connectivity index (χ3n) is 4.52. The van der Waals surface area contributed by atoms with Crippen molar-refractivity contribution in [2.75, 3.05) is 26.2 Å². The maximum Gasteiger partial charge on any atom is 0.254 e. The van der Waals surface area contributed by atoms with Gasteiger partial charge < -0.3 is 14.5 Å². The van der Waals surface area contributed by atoms with Crippen LogP contribution in [0, 0.1) is 0 Å². The molecule has 0 spiro atoms. The molecule has 2 amide bonds. The first-order valence-corrected chi connectivity index (χ1v) is 8.89. The molecule has 5 nitrogen and oxygen atoms in total. The summed E-state index contributed by atoms with van der Waals surface area (Å²) in [4.78, 5) is 29.1. The van der Waals surface area contributed by atoms with Crippen LogP contribution >= 0.6 is 23.2 Å². The summed E-state index contributed by atoms with van der Waals surface area (Å²) in [6.07, 6.45) is 1.55. The van der Waals surface area contributed by atoms with Crippen molar-refractivity contribution in [2.45, 2.75) is 31.9 Å². The smallest absolute Gasteiger partial charge is 0.254 e. The van der Waals surface area contributed by atoms with Crippen molar-refractivity contribution in [3.05, 3.63) is 33.8 Å². The Balaban J connectivity index is 1.75. The summed E-state index contributed by atoms with van der Waals surface area (Å²) >= 11 is 11.9. The summed E-state index contributed by atoms with van der Waals surface area (Å²) in [7, 11) is 0. The van der Waals surface area contributed by atoms with E-state index in [1.165, 1.54) is 0 Å². The zero-order valence-corrected chi connectivity index (χ0v) is 15.0. The van der Waals surface area contributed by atoms with E-state index in [0.717, 1.165) is 6.42 Å². The number of rotatable bonds is 2. The van der Waals surface area contributed by atoms with Gasteiger partial charge in [0.05, 0.1) is 22.8 Å². The summed E-state index contributed by atoms with van der Waals surface area (Å²) in [5.41, 5.74) is 0.458. The van der Waals surface area contributed by atoms with Crippen molar-refractivity contribution < 1.29 is 14.3 Å². The third kappa shape index (κ3) is 3.53. The molecule has 2 aliphatic rings. The Morgan fingerprint density at radius 3 is 2.71 bits per heavy atom. The summed E-state index contributed by atoms with van der Waals surface area (Å²) in [6.45, 7) is 4.22. The number of ether oxygens (including phenoxy) is 1. The molecule has 1 aromatic rings. The maximum absolute atomic E-state index is 12.8. The maximum atomic E-state index is 12.8. The zero-order valence-electron chi connectivity index (χ0n) is 13.5. The van der Waals surface area contributed by atoms with Crippen molar-refractivity contribution in [1.29, 1.82) is 0 Å². The predicted octanol–water partition coefficient (Wildman–Crippen LogP) is 2.85. The molecule has 1 aromatic carbocycles. The van der Waals surface area contributed by atoms with Crippen LogP contribution in [0.4, 0.5) is 0 Å². The molecular weight excluding hydrogens is 351 g/mol. The van der Waals surface area contributed by atoms with Gasteiger partial charge in [-0.3, -0.25) is 9.59 Å². The van der Waals surface area contributed by atoms with Gasteiger partial charge in [0.15, 0.2) is 0 Å². The molecule has 130 valence electrons. The van der Waals surface area contributed by atoms with E-state index in [-0.39, 0.29) is 17.9 Å². The highest BCUT2D eigenvalue weighted by atomic mass is 35.5. The van der Waals surface area contributed by atoms with Crippen LogP contribution in [-0.4, -0.2) is 60.0 Å². The van der Waals surface area contributed by atoms with Gasteiger partial charge in [0.2, 0.25) is 5.91 Å². The lowest BCUT2D eigenvalue weighted by atomic mass is 10.1. The molecule has 2 atom stereocenters. The lowest BCUT2D eigenvalue weighted by Gasteiger charge is -2.35. The second-order valence-corrected chi connectivity index (χ2v) is 7.07. The molecule has 0 aliphatic carbocycles. The van der Waals surface area contributed by atoms with Crippen LogP contribution in [0.5, 0.6) is 0 Å². The molecule has 7 heteroatoms. The van der Waals surface area contributed by atoms with E-state index in [2.05, 4.69) is 0 Å². The fourth-order valence-electron chi connectivity index (χ4n) is 3.29. The molecule has 0 N–H and O–H groups in total. The van der Waals surface area contributed by atoms with Gasteiger partial charge in [0.1, 0.15) is 6.04 Å². The Hall–Kier alpha value is -1.30. The Morgan fingerprint density at radius 2 is 2.00 bits per heavy atom. The van der Waals surface area contributed by atoms with Gasteiger partial charge in [-0.1, -0.05) is 23.2 Å². The van der Waals surface area contributed by atoms with Crippen molar-refractivity contribution in [1.82, 2.24) is 9.80 Å². The minimum Gasteiger partial charge on any atom is -0.375 e. The van der Waals surface area contributed by atoms with Crippen LogP contribution in [-0.2, 0) is 9.53 Å². The highest BCUT2D eigenvalue weighted by Crippen LogP contribution is 2.26. The first-order chi connectivity index (χ1) is 11.5. The number of hydrogen-bond acceptors (Lipinski definition) is 3. The number of benzene rings is 1. The Bertz CT molecular complexity index is 653. The summed E-state index contributed by atoms with van der Waals surface area (Å²) in [6, 6.07) is 4.40. The monoisotopic (exact) mass is 370 g/mol. The lowest BCUT2D eigenvalue weighted by Crippen LogP contribution is -2.52. The molecule has 3 rings (SSSR count). The van der Waals surface area contributed by atoms with E-state index in [1.807, 2.05) is 6.92 Å². The van der Waals surface area contributed by atoms with Gasteiger partial charge in [0.25, 0.3) is 5.91 Å². The van der Waals surface area contributed by atoms with Crippen LogP contribution in [0.15, 0.2) is 18.2 Å². The van der Waals surface area contributed by atoms with E-state index < -0.39 is 6.04 Å². The number of halogens is 2. The molecule has 0 unspecified atom stereocenters. The van der Waals surface area contributed by atoms with Crippen molar-refractivity contribution in [3.63, 3.8) is 0 Å². The standard InChI is InChI=1S/C17H20Cl2N2O3/c1-11-10-20(7-8-24-11)17(23)15-3-2-6-21(15)16(22)12-4-5-13(18)14(19)9-12/h4-5,9,11,15H,2-3,6-8,10H2,1H3/t11-,15-/m0/s1. The van der Waals surface area contributed by atoms with E-state index in [9.17, 15) is 9.59 Å². The fraction of sp³-hybridized carbons (Fsp3) is 0.529. The Morgan fingerprint density at radius 1 is 1.21 bits per heavy atom. The topological polar surface area (TPSA) is 49.9 Å². The lowest BCUT2D eigenvalue weighted by molar-refractivity contribution is -0.142. The average Bonchev–Trinajstić information content (AvgIpc) is 3.05. The number of morpholine rings is 1. The molecule has 2 aliphatic heterocycles. The van der Waals surface area contributed by atoms with Gasteiger partial charge in [-0.15, -0.1) is 0 Å². The van der Waals surface area contributed by atoms with E-state index in [4.69, 9.17) is 27.9 Å². The van der Waals surface area contributed by atoms with E-state index in [1.54, 1.807) is 28.0 Å². The molecule has 0 bridgehead atoms. The predicted molar refractivity (Wildman–Crippen MR) is 92.5 cm³/mol. The second kappa shape index (κ2) is 7.30. The minimum absolute atomic E-state index is 0.0102. The molecule has 0 aromatic heterocycles. The first-order valence-electron chi connectivity index (χ1n) is 8.14. The first kappa shape index (κ1) is 17.5. The quantitative estimate of drug-likeness (QED) is 0.803. The van der Waals surface area contributed by atoms with Crippen LogP contribution in [0.2, 0.25) is 10.0 Å². The highest BCUT2D eigenvalue weighted by molar-refractivity contribution is 6.42. The number of nitrogens with zero attached hydrogens (tertiary/aromatic N) is 2. The SMILES string of the molecule is C[C@H]1CN(C(=O)[C@@H]2CCCN2C(=O)c2ccc(Cl)c(Cl)c2)CCO1. The summed E-state index contributed by atoms with van der Waals surface area (Å²) in [5.74, 6) is -0.165. The van der Waals surface area contributed by atoms with Crippen molar-refractivity contribution in [3.8, 4) is 0 Å². The average molecular weight is 371 g/mol. The summed E-state index contributed by atoms with van der Waals surface area (Å²) in [5, 5.41) is 0.746. The highest BCUT2D eigenvalue weighted by Gasteiger charge is 2.38. The molecule has 24 heavy (non-hydrogen) atoms. The number of amides is 2. The normalized spacial score (nSPS) is 24.3. The number of hydrogen-bond donors (Lipinski definition) is 0. The largest absolute Gasteiger partial charge is 0.375 e. The van der Waals surface area contributed by atoms with E-state index in [0.29, 0.717) is 48.3 Å². The molecule has 2 fully saturated rings. The number of carbonyl (C=O) groups is 2. The second-order valence-electron chi connectivity index (χ2n) is 6.25. The Kier molecular flexibility index (Phi) is 5.33. The number of likely N-dealkylation sites (tertiary alicyclic amines) is 1. The van der Waals surface area contributed by atoms with Gasteiger partial charge in [-0.25, -0.2) is 0 Å². The van der Waals surface area contributed by atoms with Gasteiger partial charge in [-0.05, 0) is 38.0 Å².